The Labute approximate surface area is 162 Å². The molecule has 3 rings (SSSR count). The minimum Gasteiger partial charge on any atom is -0.458 e. The molecule has 0 spiro atoms. The number of fused-ring (bicyclic) bond motifs is 1. The molecule has 2 heterocycles. The largest absolute Gasteiger partial charge is 0.458 e. The summed E-state index contributed by atoms with van der Waals surface area (Å²) in [6.45, 7) is 2.24. The van der Waals surface area contributed by atoms with Crippen LogP contribution in [0, 0.1) is 23.2 Å². The van der Waals surface area contributed by atoms with Crippen LogP contribution >= 0.6 is 0 Å². The summed E-state index contributed by atoms with van der Waals surface area (Å²) in [7, 11) is 0. The van der Waals surface area contributed by atoms with Gasteiger partial charge in [-0.3, -0.25) is 0 Å². The SMILES string of the molecule is CCCCCCCCCC1C(C#N)=C(N)OC2NNC(c3ccccc3)C21. The number of ether oxygens (including phenoxy) is 1. The highest BCUT2D eigenvalue weighted by atomic mass is 16.5. The molecule has 0 aliphatic carbocycles. The fraction of sp³-hybridized carbons (Fsp3) is 0.591. The van der Waals surface area contributed by atoms with E-state index in [1.54, 1.807) is 0 Å². The van der Waals surface area contributed by atoms with Crippen molar-refractivity contribution in [3.05, 3.63) is 47.4 Å². The predicted molar refractivity (Wildman–Crippen MR) is 107 cm³/mol. The minimum absolute atomic E-state index is 0.113. The minimum atomic E-state index is -0.193. The summed E-state index contributed by atoms with van der Waals surface area (Å²) < 4.78 is 5.83. The van der Waals surface area contributed by atoms with Gasteiger partial charge in [-0.1, -0.05) is 82.2 Å². The van der Waals surface area contributed by atoms with Crippen molar-refractivity contribution in [2.24, 2.45) is 17.6 Å². The topological polar surface area (TPSA) is 83.1 Å². The Morgan fingerprint density at radius 2 is 1.74 bits per heavy atom. The maximum absolute atomic E-state index is 9.70. The summed E-state index contributed by atoms with van der Waals surface area (Å²) in [6, 6.07) is 12.8. The second-order valence-electron chi connectivity index (χ2n) is 7.70. The Kier molecular flexibility index (Phi) is 7.14. The molecule has 1 aromatic rings. The van der Waals surface area contributed by atoms with Gasteiger partial charge in [-0.05, 0) is 12.0 Å². The highest BCUT2D eigenvalue weighted by molar-refractivity contribution is 5.32. The molecule has 0 amide bonds. The van der Waals surface area contributed by atoms with E-state index in [1.807, 2.05) is 6.07 Å². The van der Waals surface area contributed by atoms with Gasteiger partial charge in [0.25, 0.3) is 0 Å². The lowest BCUT2D eigenvalue weighted by Gasteiger charge is -2.35. The molecular weight excluding hydrogens is 336 g/mol. The fourth-order valence-corrected chi connectivity index (χ4v) is 4.43. The quantitative estimate of drug-likeness (QED) is 0.567. The molecule has 27 heavy (non-hydrogen) atoms. The van der Waals surface area contributed by atoms with Gasteiger partial charge in [0, 0.05) is 11.8 Å². The molecule has 1 aromatic carbocycles. The van der Waals surface area contributed by atoms with E-state index in [4.69, 9.17) is 10.5 Å². The van der Waals surface area contributed by atoms with Gasteiger partial charge >= 0.3 is 0 Å². The maximum Gasteiger partial charge on any atom is 0.200 e. The number of hydrogen-bond acceptors (Lipinski definition) is 5. The molecule has 0 bridgehead atoms. The molecule has 146 valence electrons. The molecule has 4 unspecified atom stereocenters. The normalized spacial score (nSPS) is 27.1. The summed E-state index contributed by atoms with van der Waals surface area (Å²) in [4.78, 5) is 0. The lowest BCUT2D eigenvalue weighted by Crippen LogP contribution is -2.41. The van der Waals surface area contributed by atoms with Crippen molar-refractivity contribution in [3.63, 3.8) is 0 Å². The Morgan fingerprint density at radius 1 is 1.04 bits per heavy atom. The van der Waals surface area contributed by atoms with E-state index in [1.165, 1.54) is 44.1 Å². The zero-order chi connectivity index (χ0) is 19.1. The summed E-state index contributed by atoms with van der Waals surface area (Å²) in [6.07, 6.45) is 9.66. The van der Waals surface area contributed by atoms with Crippen LogP contribution in [0.5, 0.6) is 0 Å². The van der Waals surface area contributed by atoms with Crippen LogP contribution in [0.2, 0.25) is 0 Å². The first-order valence-corrected chi connectivity index (χ1v) is 10.4. The standard InChI is InChI=1S/C22H32N4O/c1-2-3-4-5-6-7-11-14-17-18(15-23)21(24)27-22-19(17)20(25-26-22)16-12-9-8-10-13-16/h8-10,12-13,17,19-20,22,25-26H,2-7,11,14,24H2,1H3. The van der Waals surface area contributed by atoms with Crippen molar-refractivity contribution in [2.45, 2.75) is 70.6 Å². The first-order chi connectivity index (χ1) is 13.3. The van der Waals surface area contributed by atoms with Gasteiger partial charge in [0.05, 0.1) is 11.6 Å². The summed E-state index contributed by atoms with van der Waals surface area (Å²) in [5.74, 6) is 0.571. The second-order valence-corrected chi connectivity index (χ2v) is 7.70. The lowest BCUT2D eigenvalue weighted by atomic mass is 9.75. The van der Waals surface area contributed by atoms with Gasteiger partial charge in [-0.15, -0.1) is 0 Å². The maximum atomic E-state index is 9.70. The monoisotopic (exact) mass is 368 g/mol. The number of unbranched alkanes of at least 4 members (excludes halogenated alkanes) is 6. The van der Waals surface area contributed by atoms with Crippen LogP contribution in [0.15, 0.2) is 41.8 Å². The second kappa shape index (κ2) is 9.77. The molecule has 1 saturated heterocycles. The number of allylic oxidation sites excluding steroid dienone is 1. The number of nitrogens with one attached hydrogen (secondary N) is 2. The molecule has 0 radical (unpaired) electrons. The highest BCUT2D eigenvalue weighted by Gasteiger charge is 2.48. The Morgan fingerprint density at radius 3 is 2.44 bits per heavy atom. The molecule has 2 aliphatic heterocycles. The van der Waals surface area contributed by atoms with Gasteiger partial charge in [0.2, 0.25) is 0 Å². The van der Waals surface area contributed by atoms with Crippen molar-refractivity contribution in [3.8, 4) is 6.07 Å². The van der Waals surface area contributed by atoms with Crippen molar-refractivity contribution in [2.75, 3.05) is 0 Å². The van der Waals surface area contributed by atoms with Crippen LogP contribution < -0.4 is 16.6 Å². The van der Waals surface area contributed by atoms with Crippen molar-refractivity contribution in [1.82, 2.24) is 10.9 Å². The van der Waals surface area contributed by atoms with Crippen molar-refractivity contribution >= 4 is 0 Å². The first-order valence-electron chi connectivity index (χ1n) is 10.4. The molecule has 1 fully saturated rings. The third-order valence-corrected chi connectivity index (χ3v) is 5.87. The number of benzene rings is 1. The number of hydrazine groups is 1. The van der Waals surface area contributed by atoms with Gasteiger partial charge in [0.1, 0.15) is 6.07 Å². The van der Waals surface area contributed by atoms with Gasteiger partial charge in [0.15, 0.2) is 12.1 Å². The van der Waals surface area contributed by atoms with E-state index < -0.39 is 0 Å². The Bertz CT molecular complexity index is 667. The summed E-state index contributed by atoms with van der Waals surface area (Å²) >= 11 is 0. The van der Waals surface area contributed by atoms with Crippen LogP contribution in [0.3, 0.4) is 0 Å². The van der Waals surface area contributed by atoms with Gasteiger partial charge in [-0.25, -0.2) is 10.9 Å². The summed E-state index contributed by atoms with van der Waals surface area (Å²) in [5.41, 5.74) is 14.5. The number of hydrogen-bond donors (Lipinski definition) is 3. The van der Waals surface area contributed by atoms with Crippen LogP contribution in [0.25, 0.3) is 0 Å². The molecular formula is C22H32N4O. The van der Waals surface area contributed by atoms with Crippen LogP contribution in [-0.4, -0.2) is 6.23 Å². The van der Waals surface area contributed by atoms with E-state index in [9.17, 15) is 5.26 Å². The molecule has 4 atom stereocenters. The van der Waals surface area contributed by atoms with E-state index in [2.05, 4.69) is 48.1 Å². The summed E-state index contributed by atoms with van der Waals surface area (Å²) in [5, 5.41) is 9.70. The van der Waals surface area contributed by atoms with Crippen LogP contribution in [0.1, 0.15) is 69.9 Å². The molecule has 5 heteroatoms. The number of nitriles is 1. The van der Waals surface area contributed by atoms with Crippen LogP contribution in [0.4, 0.5) is 0 Å². The molecule has 4 N–H and O–H groups in total. The van der Waals surface area contributed by atoms with E-state index in [0.717, 1.165) is 12.8 Å². The van der Waals surface area contributed by atoms with Crippen LogP contribution in [-0.2, 0) is 4.74 Å². The smallest absolute Gasteiger partial charge is 0.200 e. The van der Waals surface area contributed by atoms with E-state index in [0.29, 0.717) is 5.57 Å². The molecule has 0 saturated carbocycles. The van der Waals surface area contributed by atoms with Crippen molar-refractivity contribution in [1.29, 1.82) is 5.26 Å². The number of nitrogens with zero attached hydrogens (tertiary/aromatic N) is 1. The lowest BCUT2D eigenvalue weighted by molar-refractivity contribution is 0.0176. The molecule has 0 aromatic heterocycles. The predicted octanol–water partition coefficient (Wildman–Crippen LogP) is 4.26. The third-order valence-electron chi connectivity index (χ3n) is 5.87. The highest BCUT2D eigenvalue weighted by Crippen LogP contribution is 2.44. The zero-order valence-electron chi connectivity index (χ0n) is 16.3. The van der Waals surface area contributed by atoms with E-state index in [-0.39, 0.29) is 30.0 Å². The Hall–Kier alpha value is -2.03. The Balaban J connectivity index is 1.67. The number of rotatable bonds is 9. The fourth-order valence-electron chi connectivity index (χ4n) is 4.43. The van der Waals surface area contributed by atoms with Crippen molar-refractivity contribution < 1.29 is 4.74 Å². The first kappa shape index (κ1) is 19.7. The van der Waals surface area contributed by atoms with Gasteiger partial charge in [-0.2, -0.15) is 5.26 Å². The zero-order valence-corrected chi connectivity index (χ0v) is 16.3. The van der Waals surface area contributed by atoms with E-state index >= 15 is 0 Å². The number of nitrogens with two attached hydrogens (primary N) is 1. The molecule has 2 aliphatic rings. The molecule has 5 nitrogen and oxygen atoms in total. The average molecular weight is 369 g/mol. The van der Waals surface area contributed by atoms with Gasteiger partial charge < -0.3 is 10.5 Å². The average Bonchev–Trinajstić information content (AvgIpc) is 3.11. The third kappa shape index (κ3) is 4.63.